The molecule has 0 amide bonds. The smallest absolute Gasteiger partial charge is 0.303 e. The molecule has 37 heavy (non-hydrogen) atoms. The molecule has 2 aromatic heterocycles. The molecular formula is C28H31FN4O4. The van der Waals surface area contributed by atoms with E-state index in [1.165, 1.54) is 0 Å². The van der Waals surface area contributed by atoms with Gasteiger partial charge < -0.3 is 15.1 Å². The van der Waals surface area contributed by atoms with Crippen LogP contribution in [0.15, 0.2) is 42.7 Å². The average Bonchev–Trinajstić information content (AvgIpc) is 2.88. The third kappa shape index (κ3) is 6.87. The highest BCUT2D eigenvalue weighted by atomic mass is 19.1. The minimum Gasteiger partial charge on any atom is -0.504 e. The topological polar surface area (TPSA) is 117 Å². The molecule has 0 bridgehead atoms. The first-order valence-corrected chi connectivity index (χ1v) is 12.5. The number of pyridine rings is 1. The Labute approximate surface area is 215 Å². The first-order chi connectivity index (χ1) is 17.8. The summed E-state index contributed by atoms with van der Waals surface area (Å²) in [5.41, 5.74) is 2.77. The predicted molar refractivity (Wildman–Crippen MR) is 136 cm³/mol. The number of hydrogen-bond donors (Lipinski definition) is 2. The molecule has 0 unspecified atom stereocenters. The summed E-state index contributed by atoms with van der Waals surface area (Å²) in [6, 6.07) is 9.18. The lowest BCUT2D eigenvalue weighted by Gasteiger charge is -2.33. The van der Waals surface area contributed by atoms with Crippen LogP contribution in [0.1, 0.15) is 65.2 Å². The number of anilines is 1. The molecule has 0 spiro atoms. The number of benzene rings is 1. The highest BCUT2D eigenvalue weighted by Crippen LogP contribution is 2.28. The van der Waals surface area contributed by atoms with E-state index in [0.29, 0.717) is 35.8 Å². The van der Waals surface area contributed by atoms with E-state index in [2.05, 4.69) is 19.9 Å². The van der Waals surface area contributed by atoms with Crippen molar-refractivity contribution in [1.82, 2.24) is 15.0 Å². The van der Waals surface area contributed by atoms with Crippen molar-refractivity contribution in [3.05, 3.63) is 76.9 Å². The van der Waals surface area contributed by atoms with E-state index in [1.807, 2.05) is 24.3 Å². The Morgan fingerprint density at radius 1 is 1.14 bits per heavy atom. The highest BCUT2D eigenvalue weighted by Gasteiger charge is 2.24. The molecule has 1 saturated heterocycles. The molecule has 1 aliphatic rings. The van der Waals surface area contributed by atoms with Gasteiger partial charge in [0, 0.05) is 56.9 Å². The van der Waals surface area contributed by atoms with Gasteiger partial charge in [-0.3, -0.25) is 14.6 Å². The standard InChI is InChI=1S/C28H31FN4O4/c1-18-28(37)27(24(34)5-2-6-26(35)36)32-25(31-18)15-19-9-12-33(13-10-19)22-8-7-21(23(29)16-22)14-20-4-3-11-30-17-20/h3-4,7-8,11,16-17,19,37H,2,5-6,9-10,12-15H2,1H3,(H,35,36). The monoisotopic (exact) mass is 506 g/mol. The van der Waals surface area contributed by atoms with Crippen LogP contribution >= 0.6 is 0 Å². The fourth-order valence-corrected chi connectivity index (χ4v) is 4.68. The summed E-state index contributed by atoms with van der Waals surface area (Å²) in [6.07, 6.45) is 6.33. The molecule has 194 valence electrons. The van der Waals surface area contributed by atoms with E-state index in [0.717, 1.165) is 37.2 Å². The van der Waals surface area contributed by atoms with E-state index in [1.54, 1.807) is 25.4 Å². The number of hydrogen-bond acceptors (Lipinski definition) is 7. The van der Waals surface area contributed by atoms with Crippen molar-refractivity contribution in [2.75, 3.05) is 18.0 Å². The van der Waals surface area contributed by atoms with Crippen LogP contribution in [-0.4, -0.2) is 50.0 Å². The van der Waals surface area contributed by atoms with Gasteiger partial charge in [-0.25, -0.2) is 14.4 Å². The molecule has 4 rings (SSSR count). The molecule has 1 aromatic carbocycles. The lowest BCUT2D eigenvalue weighted by molar-refractivity contribution is -0.137. The second-order valence-electron chi connectivity index (χ2n) is 9.54. The molecule has 1 fully saturated rings. The first kappa shape index (κ1) is 26.2. The number of aromatic nitrogens is 3. The van der Waals surface area contributed by atoms with E-state index in [4.69, 9.17) is 5.11 Å². The van der Waals surface area contributed by atoms with Crippen LogP contribution in [0.4, 0.5) is 10.1 Å². The van der Waals surface area contributed by atoms with Crippen LogP contribution in [0.5, 0.6) is 5.75 Å². The fraction of sp³-hybridized carbons (Fsp3) is 0.393. The molecule has 3 aromatic rings. The molecule has 3 heterocycles. The number of halogens is 1. The van der Waals surface area contributed by atoms with Crippen LogP contribution in [-0.2, 0) is 17.6 Å². The number of carbonyl (C=O) groups excluding carboxylic acids is 1. The highest BCUT2D eigenvalue weighted by molar-refractivity contribution is 5.97. The number of ketones is 1. The maximum Gasteiger partial charge on any atom is 0.303 e. The summed E-state index contributed by atoms with van der Waals surface area (Å²) >= 11 is 0. The van der Waals surface area contributed by atoms with Crippen molar-refractivity contribution in [3.8, 4) is 5.75 Å². The van der Waals surface area contributed by atoms with Crippen LogP contribution in [0.3, 0.4) is 0 Å². The van der Waals surface area contributed by atoms with Gasteiger partial charge in [0.2, 0.25) is 0 Å². The van der Waals surface area contributed by atoms with Crippen molar-refractivity contribution in [3.63, 3.8) is 0 Å². The number of rotatable bonds is 10. The SMILES string of the molecule is Cc1nc(CC2CCN(c3ccc(Cc4cccnc4)c(F)c3)CC2)nc(C(=O)CCCC(=O)O)c1O. The minimum atomic E-state index is -0.966. The van der Waals surface area contributed by atoms with Crippen LogP contribution in [0.2, 0.25) is 0 Å². The molecule has 2 N–H and O–H groups in total. The third-order valence-corrected chi connectivity index (χ3v) is 6.77. The fourth-order valence-electron chi connectivity index (χ4n) is 4.68. The van der Waals surface area contributed by atoms with E-state index < -0.39 is 5.97 Å². The van der Waals surface area contributed by atoms with Gasteiger partial charge in [0.05, 0.1) is 5.69 Å². The summed E-state index contributed by atoms with van der Waals surface area (Å²) < 4.78 is 14.8. The van der Waals surface area contributed by atoms with Crippen LogP contribution in [0.25, 0.3) is 0 Å². The largest absolute Gasteiger partial charge is 0.504 e. The van der Waals surface area contributed by atoms with Crippen molar-refractivity contribution in [2.24, 2.45) is 5.92 Å². The number of Topliss-reactive ketones (excluding diaryl/α,β-unsaturated/α-hetero) is 1. The predicted octanol–water partition coefficient (Wildman–Crippen LogP) is 4.51. The number of piperidine rings is 1. The van der Waals surface area contributed by atoms with Crippen LogP contribution in [0, 0.1) is 18.7 Å². The average molecular weight is 507 g/mol. The Balaban J connectivity index is 1.35. The van der Waals surface area contributed by atoms with Gasteiger partial charge in [0.1, 0.15) is 11.6 Å². The van der Waals surface area contributed by atoms with Crippen molar-refractivity contribution < 1.29 is 24.2 Å². The molecule has 9 heteroatoms. The third-order valence-electron chi connectivity index (χ3n) is 6.77. The number of carbonyl (C=O) groups is 2. The van der Waals surface area contributed by atoms with Gasteiger partial charge in [0.25, 0.3) is 0 Å². The second kappa shape index (κ2) is 11.9. The van der Waals surface area contributed by atoms with Gasteiger partial charge in [-0.2, -0.15) is 0 Å². The zero-order chi connectivity index (χ0) is 26.4. The quantitative estimate of drug-likeness (QED) is 0.386. The first-order valence-electron chi connectivity index (χ1n) is 12.5. The summed E-state index contributed by atoms with van der Waals surface area (Å²) in [5, 5.41) is 19.1. The Kier molecular flexibility index (Phi) is 8.43. The lowest BCUT2D eigenvalue weighted by Crippen LogP contribution is -2.34. The number of aliphatic carboxylic acids is 1. The lowest BCUT2D eigenvalue weighted by atomic mass is 9.92. The maximum atomic E-state index is 14.8. The number of aromatic hydroxyl groups is 1. The zero-order valence-corrected chi connectivity index (χ0v) is 20.9. The van der Waals surface area contributed by atoms with Gasteiger partial charge in [-0.15, -0.1) is 0 Å². The summed E-state index contributed by atoms with van der Waals surface area (Å²) in [7, 11) is 0. The summed E-state index contributed by atoms with van der Waals surface area (Å²) in [4.78, 5) is 38.2. The van der Waals surface area contributed by atoms with Gasteiger partial charge in [0.15, 0.2) is 17.2 Å². The Bertz CT molecular complexity index is 1260. The van der Waals surface area contributed by atoms with Gasteiger partial charge in [-0.05, 0) is 61.4 Å². The normalized spacial score (nSPS) is 14.1. The zero-order valence-electron chi connectivity index (χ0n) is 20.9. The second-order valence-corrected chi connectivity index (χ2v) is 9.54. The van der Waals surface area contributed by atoms with E-state index in [9.17, 15) is 19.1 Å². The van der Waals surface area contributed by atoms with Gasteiger partial charge >= 0.3 is 5.97 Å². The number of carboxylic acid groups (broad SMARTS) is 1. The molecular weight excluding hydrogens is 475 g/mol. The van der Waals surface area contributed by atoms with Crippen LogP contribution < -0.4 is 4.90 Å². The van der Waals surface area contributed by atoms with E-state index in [-0.39, 0.29) is 42.3 Å². The molecule has 0 atom stereocenters. The summed E-state index contributed by atoms with van der Waals surface area (Å²) in [5.74, 6) is -1.02. The van der Waals surface area contributed by atoms with E-state index >= 15 is 0 Å². The maximum absolute atomic E-state index is 14.8. The van der Waals surface area contributed by atoms with Crippen molar-refractivity contribution >= 4 is 17.4 Å². The Morgan fingerprint density at radius 2 is 1.92 bits per heavy atom. The van der Waals surface area contributed by atoms with Crippen molar-refractivity contribution in [1.29, 1.82) is 0 Å². The molecule has 1 aliphatic heterocycles. The molecule has 0 saturated carbocycles. The molecule has 0 aliphatic carbocycles. The Morgan fingerprint density at radius 3 is 2.59 bits per heavy atom. The number of nitrogens with zero attached hydrogens (tertiary/aromatic N) is 4. The van der Waals surface area contributed by atoms with Crippen molar-refractivity contribution in [2.45, 2.75) is 51.9 Å². The number of carboxylic acids is 1. The number of aryl methyl sites for hydroxylation is 1. The molecule has 0 radical (unpaired) electrons. The van der Waals surface area contributed by atoms with Gasteiger partial charge in [-0.1, -0.05) is 12.1 Å². The Hall–Kier alpha value is -3.88. The minimum absolute atomic E-state index is 0.00568. The summed E-state index contributed by atoms with van der Waals surface area (Å²) in [6.45, 7) is 3.16. The molecule has 8 nitrogen and oxygen atoms in total.